The normalized spacial score (nSPS) is 13.1. The van der Waals surface area contributed by atoms with Gasteiger partial charge < -0.3 is 11.1 Å². The van der Waals surface area contributed by atoms with Crippen LogP contribution < -0.4 is 11.1 Å². The van der Waals surface area contributed by atoms with E-state index in [0.29, 0.717) is 6.42 Å². The summed E-state index contributed by atoms with van der Waals surface area (Å²) in [7, 11) is 0. The minimum atomic E-state index is -0.825. The zero-order valence-electron chi connectivity index (χ0n) is 10.1. The molecule has 0 aliphatic carbocycles. The van der Waals surface area contributed by atoms with Gasteiger partial charge in [0.1, 0.15) is 12.0 Å². The molecule has 0 saturated carbocycles. The molecule has 2 amide bonds. The number of nitrogens with zero attached hydrogens (tertiary/aromatic N) is 1. The van der Waals surface area contributed by atoms with E-state index in [2.05, 4.69) is 5.32 Å². The molecule has 94 valence electrons. The lowest BCUT2D eigenvalue weighted by Crippen LogP contribution is -2.44. The lowest BCUT2D eigenvalue weighted by molar-refractivity contribution is -0.128. The van der Waals surface area contributed by atoms with Crippen molar-refractivity contribution in [1.29, 1.82) is 5.26 Å². The van der Waals surface area contributed by atoms with E-state index < -0.39 is 23.8 Å². The van der Waals surface area contributed by atoms with Gasteiger partial charge in [0.2, 0.25) is 11.8 Å². The van der Waals surface area contributed by atoms with Gasteiger partial charge in [0.25, 0.3) is 0 Å². The van der Waals surface area contributed by atoms with Gasteiger partial charge in [-0.2, -0.15) is 5.26 Å². The SMILES string of the molecule is CC(NC(=O)C(C#N)Cc1ccccc1)C(N)=O. The third kappa shape index (κ3) is 3.91. The predicted molar refractivity (Wildman–Crippen MR) is 66.0 cm³/mol. The van der Waals surface area contributed by atoms with E-state index in [-0.39, 0.29) is 0 Å². The molecule has 0 heterocycles. The summed E-state index contributed by atoms with van der Waals surface area (Å²) in [4.78, 5) is 22.6. The van der Waals surface area contributed by atoms with E-state index in [1.807, 2.05) is 36.4 Å². The predicted octanol–water partition coefficient (Wildman–Crippen LogP) is 0.359. The molecule has 5 heteroatoms. The zero-order chi connectivity index (χ0) is 13.5. The summed E-state index contributed by atoms with van der Waals surface area (Å²) in [6.45, 7) is 1.48. The molecule has 2 unspecified atom stereocenters. The maximum absolute atomic E-state index is 11.8. The number of hydrogen-bond acceptors (Lipinski definition) is 3. The lowest BCUT2D eigenvalue weighted by Gasteiger charge is -2.13. The fourth-order valence-corrected chi connectivity index (χ4v) is 1.43. The first-order valence-corrected chi connectivity index (χ1v) is 5.58. The van der Waals surface area contributed by atoms with Gasteiger partial charge >= 0.3 is 0 Å². The topological polar surface area (TPSA) is 96.0 Å². The maximum Gasteiger partial charge on any atom is 0.239 e. The van der Waals surface area contributed by atoms with Gasteiger partial charge in [-0.15, -0.1) is 0 Å². The fraction of sp³-hybridized carbons (Fsp3) is 0.308. The Bertz CT molecular complexity index is 465. The highest BCUT2D eigenvalue weighted by Gasteiger charge is 2.21. The Kier molecular flexibility index (Phi) is 4.88. The fourth-order valence-electron chi connectivity index (χ4n) is 1.43. The van der Waals surface area contributed by atoms with Gasteiger partial charge in [0, 0.05) is 0 Å². The number of primary amides is 1. The van der Waals surface area contributed by atoms with Crippen molar-refractivity contribution in [1.82, 2.24) is 5.32 Å². The average molecular weight is 245 g/mol. The Labute approximate surface area is 106 Å². The quantitative estimate of drug-likeness (QED) is 0.783. The molecule has 1 rings (SSSR count). The summed E-state index contributed by atoms with van der Waals surface area (Å²) in [6.07, 6.45) is 0.314. The van der Waals surface area contributed by atoms with E-state index >= 15 is 0 Å². The van der Waals surface area contributed by atoms with Crippen LogP contribution in [0.1, 0.15) is 12.5 Å². The molecule has 0 saturated heterocycles. The lowest BCUT2D eigenvalue weighted by atomic mass is 9.99. The number of amides is 2. The summed E-state index contributed by atoms with van der Waals surface area (Å²) in [6, 6.07) is 10.4. The summed E-state index contributed by atoms with van der Waals surface area (Å²) in [5.41, 5.74) is 5.94. The molecule has 0 aliphatic rings. The van der Waals surface area contributed by atoms with E-state index in [0.717, 1.165) is 5.56 Å². The van der Waals surface area contributed by atoms with Crippen LogP contribution in [0.5, 0.6) is 0 Å². The number of benzene rings is 1. The van der Waals surface area contributed by atoms with Crippen molar-refractivity contribution in [3.63, 3.8) is 0 Å². The van der Waals surface area contributed by atoms with Crippen molar-refractivity contribution in [2.45, 2.75) is 19.4 Å². The number of hydrogen-bond donors (Lipinski definition) is 2. The molecule has 0 fully saturated rings. The van der Waals surface area contributed by atoms with Gasteiger partial charge in [-0.1, -0.05) is 30.3 Å². The molecular formula is C13H15N3O2. The number of nitrogens with two attached hydrogens (primary N) is 1. The molecule has 0 bridgehead atoms. The number of nitrogens with one attached hydrogen (secondary N) is 1. The van der Waals surface area contributed by atoms with Crippen LogP contribution in [-0.2, 0) is 16.0 Å². The molecule has 3 N–H and O–H groups in total. The summed E-state index contributed by atoms with van der Waals surface area (Å²) in [5, 5.41) is 11.4. The Hall–Kier alpha value is -2.35. The molecule has 0 radical (unpaired) electrons. The number of carbonyl (C=O) groups excluding carboxylic acids is 2. The first-order chi connectivity index (χ1) is 8.54. The molecule has 5 nitrogen and oxygen atoms in total. The van der Waals surface area contributed by atoms with Gasteiger partial charge in [-0.05, 0) is 18.9 Å². The van der Waals surface area contributed by atoms with Crippen LogP contribution >= 0.6 is 0 Å². The third-order valence-electron chi connectivity index (χ3n) is 2.54. The summed E-state index contributed by atoms with van der Waals surface area (Å²) >= 11 is 0. The van der Waals surface area contributed by atoms with Gasteiger partial charge in [-0.3, -0.25) is 9.59 Å². The third-order valence-corrected chi connectivity index (χ3v) is 2.54. The number of rotatable bonds is 5. The van der Waals surface area contributed by atoms with E-state index in [1.54, 1.807) is 0 Å². The molecule has 1 aromatic rings. The second-order valence-corrected chi connectivity index (χ2v) is 4.00. The smallest absolute Gasteiger partial charge is 0.239 e. The summed E-state index contributed by atoms with van der Waals surface area (Å²) in [5.74, 6) is -1.93. The van der Waals surface area contributed by atoms with Crippen molar-refractivity contribution in [2.24, 2.45) is 11.7 Å². The van der Waals surface area contributed by atoms with Crippen molar-refractivity contribution in [2.75, 3.05) is 0 Å². The number of nitriles is 1. The van der Waals surface area contributed by atoms with Crippen molar-refractivity contribution in [3.05, 3.63) is 35.9 Å². The molecule has 2 atom stereocenters. The standard InChI is InChI=1S/C13H15N3O2/c1-9(12(15)17)16-13(18)11(8-14)7-10-5-3-2-4-6-10/h2-6,9,11H,7H2,1H3,(H2,15,17)(H,16,18). The van der Waals surface area contributed by atoms with Crippen molar-refractivity contribution in [3.8, 4) is 6.07 Å². The minimum Gasteiger partial charge on any atom is -0.368 e. The highest BCUT2D eigenvalue weighted by molar-refractivity contribution is 5.88. The maximum atomic E-state index is 11.8. The van der Waals surface area contributed by atoms with Crippen LogP contribution in [0.25, 0.3) is 0 Å². The van der Waals surface area contributed by atoms with Crippen molar-refractivity contribution < 1.29 is 9.59 Å². The molecule has 0 aromatic heterocycles. The van der Waals surface area contributed by atoms with E-state index in [4.69, 9.17) is 11.0 Å². The van der Waals surface area contributed by atoms with Crippen LogP contribution in [0.3, 0.4) is 0 Å². The van der Waals surface area contributed by atoms with Crippen LogP contribution in [0.2, 0.25) is 0 Å². The molecule has 0 aliphatic heterocycles. The first-order valence-electron chi connectivity index (χ1n) is 5.58. The van der Waals surface area contributed by atoms with Crippen LogP contribution in [-0.4, -0.2) is 17.9 Å². The van der Waals surface area contributed by atoms with Crippen molar-refractivity contribution >= 4 is 11.8 Å². The van der Waals surface area contributed by atoms with E-state index in [9.17, 15) is 9.59 Å². The average Bonchev–Trinajstić information content (AvgIpc) is 2.36. The minimum absolute atomic E-state index is 0.314. The Morgan fingerprint density at radius 3 is 2.50 bits per heavy atom. The van der Waals surface area contributed by atoms with Crippen LogP contribution in [0.15, 0.2) is 30.3 Å². The highest BCUT2D eigenvalue weighted by atomic mass is 16.2. The first kappa shape index (κ1) is 13.7. The van der Waals surface area contributed by atoms with Gasteiger partial charge in [0.15, 0.2) is 0 Å². The molecule has 18 heavy (non-hydrogen) atoms. The van der Waals surface area contributed by atoms with Gasteiger partial charge in [-0.25, -0.2) is 0 Å². The van der Waals surface area contributed by atoms with Gasteiger partial charge in [0.05, 0.1) is 6.07 Å². The Morgan fingerprint density at radius 2 is 2.00 bits per heavy atom. The highest BCUT2D eigenvalue weighted by Crippen LogP contribution is 2.08. The molecule has 0 spiro atoms. The van der Waals surface area contributed by atoms with E-state index in [1.165, 1.54) is 6.92 Å². The molecule has 1 aromatic carbocycles. The molecular weight excluding hydrogens is 230 g/mol. The summed E-state index contributed by atoms with van der Waals surface area (Å²) < 4.78 is 0. The largest absolute Gasteiger partial charge is 0.368 e. The number of carbonyl (C=O) groups is 2. The Balaban J connectivity index is 2.65. The zero-order valence-corrected chi connectivity index (χ0v) is 10.1. The Morgan fingerprint density at radius 1 is 1.39 bits per heavy atom. The van der Waals surface area contributed by atoms with Crippen LogP contribution in [0, 0.1) is 17.2 Å². The van der Waals surface area contributed by atoms with Crippen LogP contribution in [0.4, 0.5) is 0 Å². The second-order valence-electron chi connectivity index (χ2n) is 4.00. The monoisotopic (exact) mass is 245 g/mol. The second kappa shape index (κ2) is 6.40.